The van der Waals surface area contributed by atoms with Crippen molar-refractivity contribution in [3.63, 3.8) is 0 Å². The van der Waals surface area contributed by atoms with Crippen LogP contribution in [0, 0.1) is 12.1 Å². The molecule has 0 aliphatic carbocycles. The zero-order valence-corrected chi connectivity index (χ0v) is 29.7. The van der Waals surface area contributed by atoms with Crippen molar-refractivity contribution in [1.82, 2.24) is 15.0 Å². The van der Waals surface area contributed by atoms with Crippen molar-refractivity contribution in [3.8, 4) is 44.8 Å². The topological polar surface area (TPSA) is 51.8 Å². The SMILES string of the molecule is [2H]C([2H])(c1ccccc1)c1ccc2oc3c(-c4cc(-c5ccccc5)ccn4)[c-]ccc3c2n1.[Ir].[c-]1ccc(-c2ccccc2)cc1-c1ccccn1. The van der Waals surface area contributed by atoms with E-state index >= 15 is 0 Å². The maximum Gasteiger partial charge on any atom is 0.139 e. The van der Waals surface area contributed by atoms with Crippen LogP contribution in [0.5, 0.6) is 0 Å². The van der Waals surface area contributed by atoms with Gasteiger partial charge in [0.25, 0.3) is 0 Å². The van der Waals surface area contributed by atoms with Gasteiger partial charge in [0, 0.05) is 47.3 Å². The fourth-order valence-electron chi connectivity index (χ4n) is 5.86. The first kappa shape index (κ1) is 31.0. The number of pyridine rings is 3. The normalized spacial score (nSPS) is 11.5. The molecule has 51 heavy (non-hydrogen) atoms. The van der Waals surface area contributed by atoms with E-state index in [0.717, 1.165) is 39.0 Å². The predicted octanol–water partition coefficient (Wildman–Crippen LogP) is 11.3. The van der Waals surface area contributed by atoms with Crippen LogP contribution in [0.4, 0.5) is 0 Å². The molecule has 1 radical (unpaired) electrons. The summed E-state index contributed by atoms with van der Waals surface area (Å²) in [4.78, 5) is 13.6. The van der Waals surface area contributed by atoms with Crippen LogP contribution in [0.1, 0.15) is 14.0 Å². The molecule has 4 nitrogen and oxygen atoms in total. The minimum atomic E-state index is -1.73. The molecule has 0 N–H and O–H groups in total. The van der Waals surface area contributed by atoms with Gasteiger partial charge in [0.15, 0.2) is 0 Å². The van der Waals surface area contributed by atoms with Gasteiger partial charge in [-0.05, 0) is 63.3 Å². The van der Waals surface area contributed by atoms with Crippen LogP contribution in [0.15, 0.2) is 181 Å². The molecule has 0 bridgehead atoms. The van der Waals surface area contributed by atoms with E-state index in [1.165, 1.54) is 11.1 Å². The number of nitrogens with zero attached hydrogens (tertiary/aromatic N) is 3. The number of hydrogen-bond donors (Lipinski definition) is 0. The summed E-state index contributed by atoms with van der Waals surface area (Å²) in [5.41, 5.74) is 10.8. The zero-order valence-electron chi connectivity index (χ0n) is 29.3. The molecule has 0 saturated heterocycles. The van der Waals surface area contributed by atoms with Gasteiger partial charge in [-0.1, -0.05) is 115 Å². The summed E-state index contributed by atoms with van der Waals surface area (Å²) >= 11 is 0. The molecular weight excluding hydrogens is 803 g/mol. The van der Waals surface area contributed by atoms with Crippen molar-refractivity contribution in [2.24, 2.45) is 0 Å². The van der Waals surface area contributed by atoms with Gasteiger partial charge >= 0.3 is 0 Å². The molecule has 247 valence electrons. The Balaban J connectivity index is 0.000000194. The Kier molecular flexibility index (Phi) is 9.54. The van der Waals surface area contributed by atoms with Crippen LogP contribution in [-0.2, 0) is 26.5 Å². The molecule has 4 heterocycles. The first-order valence-electron chi connectivity index (χ1n) is 17.3. The Morgan fingerprint density at radius 3 is 1.96 bits per heavy atom. The van der Waals surface area contributed by atoms with E-state index in [4.69, 9.17) is 12.1 Å². The molecule has 0 aliphatic heterocycles. The first-order chi connectivity index (χ1) is 25.5. The van der Waals surface area contributed by atoms with Gasteiger partial charge in [-0.15, -0.1) is 53.6 Å². The number of hydrogen-bond acceptors (Lipinski definition) is 4. The number of fused-ring (bicyclic) bond motifs is 3. The van der Waals surface area contributed by atoms with Crippen LogP contribution >= 0.6 is 0 Å². The second kappa shape index (κ2) is 15.7. The molecule has 0 spiro atoms. The van der Waals surface area contributed by atoms with Gasteiger partial charge in [0.1, 0.15) is 5.58 Å². The fourth-order valence-corrected chi connectivity index (χ4v) is 5.86. The Labute approximate surface area is 313 Å². The average Bonchev–Trinajstić information content (AvgIpc) is 3.61. The van der Waals surface area contributed by atoms with Gasteiger partial charge in [0.2, 0.25) is 0 Å². The van der Waals surface area contributed by atoms with Gasteiger partial charge in [0.05, 0.1) is 11.1 Å². The van der Waals surface area contributed by atoms with E-state index in [1.807, 2.05) is 103 Å². The Morgan fingerprint density at radius 1 is 0.569 bits per heavy atom. The van der Waals surface area contributed by atoms with Crippen molar-refractivity contribution < 1.29 is 27.3 Å². The van der Waals surface area contributed by atoms with E-state index in [1.54, 1.807) is 36.7 Å². The van der Waals surface area contributed by atoms with Crippen LogP contribution in [0.2, 0.25) is 0 Å². The molecule has 5 heteroatoms. The molecule has 5 aromatic carbocycles. The molecule has 9 rings (SSSR count). The minimum Gasteiger partial charge on any atom is -0.499 e. The van der Waals surface area contributed by atoms with E-state index in [0.29, 0.717) is 27.9 Å². The summed E-state index contributed by atoms with van der Waals surface area (Å²) in [5.74, 6) is 0. The fraction of sp³-hybridized carbons (Fsp3) is 0.0217. The second-order valence-corrected chi connectivity index (χ2v) is 11.6. The third kappa shape index (κ3) is 7.61. The number of furan rings is 1. The molecule has 9 aromatic rings. The maximum absolute atomic E-state index is 8.68. The zero-order chi connectivity index (χ0) is 35.3. The average molecular weight is 836 g/mol. The molecule has 0 atom stereocenters. The van der Waals surface area contributed by atoms with Crippen molar-refractivity contribution in [1.29, 1.82) is 0 Å². The Hall–Kier alpha value is -6.00. The molecule has 0 unspecified atom stereocenters. The molecular formula is C46H31IrN3O-2. The summed E-state index contributed by atoms with van der Waals surface area (Å²) < 4.78 is 23.6. The van der Waals surface area contributed by atoms with Gasteiger partial charge in [-0.3, -0.25) is 4.98 Å². The molecule has 0 aliphatic rings. The predicted molar refractivity (Wildman–Crippen MR) is 202 cm³/mol. The molecule has 4 aromatic heterocycles. The largest absolute Gasteiger partial charge is 0.499 e. The number of rotatable bonds is 6. The summed E-state index contributed by atoms with van der Waals surface area (Å²) in [6.07, 6.45) is 1.87. The molecule has 0 fully saturated rings. The van der Waals surface area contributed by atoms with Crippen molar-refractivity contribution in [3.05, 3.63) is 200 Å². The van der Waals surface area contributed by atoms with E-state index < -0.39 is 6.37 Å². The quantitative estimate of drug-likeness (QED) is 0.157. The van der Waals surface area contributed by atoms with Crippen molar-refractivity contribution >= 4 is 22.1 Å². The third-order valence-corrected chi connectivity index (χ3v) is 8.29. The number of aromatic nitrogens is 3. The molecule has 0 saturated carbocycles. The van der Waals surface area contributed by atoms with Crippen LogP contribution in [-0.4, -0.2) is 15.0 Å². The standard InChI is InChI=1S/C29H19N2O.C17H12N.Ir/c1-3-8-20(9-4-1)18-23-14-15-27-28(31-23)25-13-7-12-24(29(25)32-27)26-19-22(16-17-30-26)21-10-5-2-6-11-21;1-2-7-14(8-3-1)15-9-6-10-16(13-15)17-11-4-5-12-18-17;/h1-11,13-17,19H,18H2;1-9,11-13H;/q2*-1;/i18D2;;. The monoisotopic (exact) mass is 836 g/mol. The second-order valence-electron chi connectivity index (χ2n) is 11.6. The van der Waals surface area contributed by atoms with Crippen molar-refractivity contribution in [2.75, 3.05) is 0 Å². The van der Waals surface area contributed by atoms with Crippen LogP contribution < -0.4 is 0 Å². The third-order valence-electron chi connectivity index (χ3n) is 8.29. The van der Waals surface area contributed by atoms with Gasteiger partial charge in [-0.25, -0.2) is 0 Å². The van der Waals surface area contributed by atoms with Gasteiger partial charge < -0.3 is 14.4 Å². The summed E-state index contributed by atoms with van der Waals surface area (Å²) in [5, 5.41) is 0.807. The molecule has 0 amide bonds. The first-order valence-corrected chi connectivity index (χ1v) is 16.3. The Bertz CT molecular complexity index is 2540. The van der Waals surface area contributed by atoms with Gasteiger partial charge in [-0.2, -0.15) is 0 Å². The van der Waals surface area contributed by atoms with Crippen molar-refractivity contribution in [2.45, 2.75) is 6.37 Å². The number of benzene rings is 5. The van der Waals surface area contributed by atoms with E-state index in [-0.39, 0.29) is 20.1 Å². The van der Waals surface area contributed by atoms with E-state index in [9.17, 15) is 0 Å². The minimum absolute atomic E-state index is 0. The Morgan fingerprint density at radius 2 is 1.24 bits per heavy atom. The smallest absolute Gasteiger partial charge is 0.139 e. The van der Waals surface area contributed by atoms with Crippen LogP contribution in [0.25, 0.3) is 66.8 Å². The summed E-state index contributed by atoms with van der Waals surface area (Å²) in [7, 11) is 0. The summed E-state index contributed by atoms with van der Waals surface area (Å²) in [6.45, 7) is 0. The summed E-state index contributed by atoms with van der Waals surface area (Å²) in [6, 6.07) is 59.4. The maximum atomic E-state index is 8.68. The van der Waals surface area contributed by atoms with E-state index in [2.05, 4.69) is 58.5 Å². The van der Waals surface area contributed by atoms with Crippen LogP contribution in [0.3, 0.4) is 0 Å².